The van der Waals surface area contributed by atoms with Gasteiger partial charge in [0.15, 0.2) is 5.82 Å². The molecule has 0 spiro atoms. The lowest BCUT2D eigenvalue weighted by Gasteiger charge is -1.96. The number of hydrogen-bond donors (Lipinski definition) is 1. The summed E-state index contributed by atoms with van der Waals surface area (Å²) >= 11 is 0. The third kappa shape index (κ3) is 2.30. The topological polar surface area (TPSA) is 64.9 Å². The molecule has 0 unspecified atom stereocenters. The molecule has 0 amide bonds. The zero-order valence-corrected chi connectivity index (χ0v) is 7.74. The highest BCUT2D eigenvalue weighted by Gasteiger charge is 2.10. The van der Waals surface area contributed by atoms with Crippen molar-refractivity contribution in [3.8, 4) is 0 Å². The van der Waals surface area contributed by atoms with E-state index in [9.17, 15) is 0 Å². The van der Waals surface area contributed by atoms with Crippen molar-refractivity contribution in [2.75, 3.05) is 0 Å². The Morgan fingerprint density at radius 2 is 2.08 bits per heavy atom. The van der Waals surface area contributed by atoms with Crippen LogP contribution in [-0.2, 0) is 6.42 Å². The number of hydrogen-bond acceptors (Lipinski definition) is 4. The second-order valence-electron chi connectivity index (χ2n) is 3.44. The van der Waals surface area contributed by atoms with Gasteiger partial charge in [0.05, 0.1) is 6.04 Å². The molecule has 0 bridgehead atoms. The highest BCUT2D eigenvalue weighted by Crippen LogP contribution is 2.08. The van der Waals surface area contributed by atoms with Crippen LogP contribution in [0.3, 0.4) is 0 Å². The summed E-state index contributed by atoms with van der Waals surface area (Å²) < 4.78 is 4.94. The van der Waals surface area contributed by atoms with Gasteiger partial charge in [0, 0.05) is 6.42 Å². The molecule has 0 aliphatic rings. The molecule has 0 saturated heterocycles. The van der Waals surface area contributed by atoms with E-state index in [1.807, 2.05) is 6.92 Å². The lowest BCUT2D eigenvalue weighted by Crippen LogP contribution is -2.05. The maximum absolute atomic E-state index is 5.56. The second-order valence-corrected chi connectivity index (χ2v) is 3.44. The molecule has 4 nitrogen and oxygen atoms in total. The van der Waals surface area contributed by atoms with Gasteiger partial charge in [0.2, 0.25) is 5.89 Å². The van der Waals surface area contributed by atoms with Crippen LogP contribution in [0, 0.1) is 5.92 Å². The molecule has 1 aromatic rings. The van der Waals surface area contributed by atoms with Gasteiger partial charge in [-0.3, -0.25) is 0 Å². The van der Waals surface area contributed by atoms with E-state index in [0.717, 1.165) is 12.2 Å². The molecule has 1 heterocycles. The summed E-state index contributed by atoms with van der Waals surface area (Å²) in [6, 6.07) is -0.168. The van der Waals surface area contributed by atoms with Crippen LogP contribution in [0.4, 0.5) is 0 Å². The molecule has 0 aliphatic heterocycles. The van der Waals surface area contributed by atoms with Crippen LogP contribution >= 0.6 is 0 Å². The van der Waals surface area contributed by atoms with Crippen LogP contribution in [0.1, 0.15) is 38.5 Å². The first-order valence-corrected chi connectivity index (χ1v) is 4.17. The van der Waals surface area contributed by atoms with Crippen molar-refractivity contribution in [2.45, 2.75) is 33.2 Å². The molecule has 4 heteroatoms. The molecule has 0 aliphatic carbocycles. The fourth-order valence-electron chi connectivity index (χ4n) is 0.900. The second kappa shape index (κ2) is 3.67. The number of nitrogens with zero attached hydrogens (tertiary/aromatic N) is 2. The first-order valence-electron chi connectivity index (χ1n) is 4.17. The first kappa shape index (κ1) is 9.19. The zero-order chi connectivity index (χ0) is 9.14. The molecule has 0 saturated carbocycles. The Kier molecular flexibility index (Phi) is 2.81. The number of aromatic nitrogens is 2. The van der Waals surface area contributed by atoms with E-state index < -0.39 is 0 Å². The molecular formula is C8H15N3O. The summed E-state index contributed by atoms with van der Waals surface area (Å²) in [7, 11) is 0. The van der Waals surface area contributed by atoms with E-state index >= 15 is 0 Å². The van der Waals surface area contributed by atoms with E-state index in [0.29, 0.717) is 11.8 Å². The zero-order valence-electron chi connectivity index (χ0n) is 7.74. The van der Waals surface area contributed by atoms with E-state index in [4.69, 9.17) is 10.3 Å². The van der Waals surface area contributed by atoms with Gasteiger partial charge in [-0.2, -0.15) is 4.98 Å². The van der Waals surface area contributed by atoms with Gasteiger partial charge >= 0.3 is 0 Å². The highest BCUT2D eigenvalue weighted by molar-refractivity contribution is 4.90. The van der Waals surface area contributed by atoms with E-state index in [-0.39, 0.29) is 6.04 Å². The monoisotopic (exact) mass is 169 g/mol. The van der Waals surface area contributed by atoms with Gasteiger partial charge in [-0.1, -0.05) is 19.0 Å². The van der Waals surface area contributed by atoms with Crippen molar-refractivity contribution in [1.82, 2.24) is 10.1 Å². The van der Waals surface area contributed by atoms with Crippen LogP contribution in [0.25, 0.3) is 0 Å². The molecule has 0 radical (unpaired) electrons. The average Bonchev–Trinajstić information content (AvgIpc) is 2.34. The van der Waals surface area contributed by atoms with Crippen LogP contribution in [-0.4, -0.2) is 10.1 Å². The molecule has 0 aromatic carbocycles. The summed E-state index contributed by atoms with van der Waals surface area (Å²) in [6.45, 7) is 6.05. The predicted molar refractivity (Wildman–Crippen MR) is 45.4 cm³/mol. The molecule has 0 fully saturated rings. The maximum Gasteiger partial charge on any atom is 0.243 e. The fraction of sp³-hybridized carbons (Fsp3) is 0.750. The summed E-state index contributed by atoms with van der Waals surface area (Å²) in [5.41, 5.74) is 5.56. The Morgan fingerprint density at radius 1 is 1.42 bits per heavy atom. The standard InChI is InChI=1S/C8H15N3O/c1-5(2)4-7-10-8(6(3)9)12-11-7/h5-6H,4,9H2,1-3H3/t6-/m1/s1. The largest absolute Gasteiger partial charge is 0.338 e. The molecule has 1 rings (SSSR count). The normalized spacial score (nSPS) is 13.8. The maximum atomic E-state index is 5.56. The van der Waals surface area contributed by atoms with Gasteiger partial charge < -0.3 is 10.3 Å². The molecule has 68 valence electrons. The Balaban J connectivity index is 2.64. The third-order valence-electron chi connectivity index (χ3n) is 1.46. The van der Waals surface area contributed by atoms with E-state index in [2.05, 4.69) is 24.0 Å². The van der Waals surface area contributed by atoms with Crippen molar-refractivity contribution in [3.63, 3.8) is 0 Å². The summed E-state index contributed by atoms with van der Waals surface area (Å²) in [4.78, 5) is 4.15. The highest BCUT2D eigenvalue weighted by atomic mass is 16.5. The molecule has 1 atom stereocenters. The van der Waals surface area contributed by atoms with E-state index in [1.165, 1.54) is 0 Å². The summed E-state index contributed by atoms with van der Waals surface area (Å²) in [5, 5.41) is 3.81. The van der Waals surface area contributed by atoms with Gasteiger partial charge in [-0.05, 0) is 12.8 Å². The van der Waals surface area contributed by atoms with Crippen LogP contribution in [0.5, 0.6) is 0 Å². The van der Waals surface area contributed by atoms with Gasteiger partial charge in [0.25, 0.3) is 0 Å². The third-order valence-corrected chi connectivity index (χ3v) is 1.46. The van der Waals surface area contributed by atoms with Gasteiger partial charge in [-0.15, -0.1) is 0 Å². The lowest BCUT2D eigenvalue weighted by molar-refractivity contribution is 0.355. The van der Waals surface area contributed by atoms with Crippen molar-refractivity contribution in [2.24, 2.45) is 11.7 Å². The quantitative estimate of drug-likeness (QED) is 0.740. The minimum Gasteiger partial charge on any atom is -0.338 e. The summed E-state index contributed by atoms with van der Waals surface area (Å²) in [6.07, 6.45) is 0.843. The Morgan fingerprint density at radius 3 is 2.50 bits per heavy atom. The van der Waals surface area contributed by atoms with Crippen LogP contribution < -0.4 is 5.73 Å². The smallest absolute Gasteiger partial charge is 0.243 e. The minimum atomic E-state index is -0.168. The molecular weight excluding hydrogens is 154 g/mol. The number of nitrogens with two attached hydrogens (primary N) is 1. The van der Waals surface area contributed by atoms with Crippen molar-refractivity contribution >= 4 is 0 Å². The lowest BCUT2D eigenvalue weighted by atomic mass is 10.1. The van der Waals surface area contributed by atoms with Crippen molar-refractivity contribution in [3.05, 3.63) is 11.7 Å². The van der Waals surface area contributed by atoms with Gasteiger partial charge in [-0.25, -0.2) is 0 Å². The Bertz CT molecular complexity index is 242. The predicted octanol–water partition coefficient (Wildman–Crippen LogP) is 1.29. The minimum absolute atomic E-state index is 0.168. The Hall–Kier alpha value is -0.900. The fourth-order valence-corrected chi connectivity index (χ4v) is 0.900. The van der Waals surface area contributed by atoms with Crippen LogP contribution in [0.2, 0.25) is 0 Å². The molecule has 1 aromatic heterocycles. The molecule has 2 N–H and O–H groups in total. The first-order chi connectivity index (χ1) is 5.59. The van der Waals surface area contributed by atoms with Crippen molar-refractivity contribution < 1.29 is 4.52 Å². The SMILES string of the molecule is CC(C)Cc1noc([C@@H](C)N)n1. The van der Waals surface area contributed by atoms with Crippen LogP contribution in [0.15, 0.2) is 4.52 Å². The number of rotatable bonds is 3. The van der Waals surface area contributed by atoms with E-state index in [1.54, 1.807) is 0 Å². The van der Waals surface area contributed by atoms with Crippen molar-refractivity contribution in [1.29, 1.82) is 0 Å². The average molecular weight is 169 g/mol. The molecule has 12 heavy (non-hydrogen) atoms. The Labute approximate surface area is 72.1 Å². The van der Waals surface area contributed by atoms with Gasteiger partial charge in [0.1, 0.15) is 0 Å². The summed E-state index contributed by atoms with van der Waals surface area (Å²) in [5.74, 6) is 1.81.